The van der Waals surface area contributed by atoms with Gasteiger partial charge in [-0.2, -0.15) is 4.98 Å². The van der Waals surface area contributed by atoms with Gasteiger partial charge < -0.3 is 5.32 Å². The van der Waals surface area contributed by atoms with E-state index < -0.39 is 0 Å². The van der Waals surface area contributed by atoms with Crippen LogP contribution in [-0.4, -0.2) is 27.0 Å². The Morgan fingerprint density at radius 1 is 1.30 bits per heavy atom. The number of carbonyl (C=O) groups is 1. The van der Waals surface area contributed by atoms with Crippen molar-refractivity contribution in [1.82, 2.24) is 19.9 Å². The second-order valence-corrected chi connectivity index (χ2v) is 6.15. The van der Waals surface area contributed by atoms with Gasteiger partial charge in [-0.25, -0.2) is 9.78 Å². The number of fused-ring (bicyclic) bond motifs is 1. The molecule has 0 spiro atoms. The van der Waals surface area contributed by atoms with Crippen LogP contribution in [0, 0.1) is 13.8 Å². The fourth-order valence-corrected chi connectivity index (χ4v) is 3.09. The average molecular weight is 328 g/mol. The molecule has 6 nitrogen and oxygen atoms in total. The molecule has 0 unspecified atom stereocenters. The Kier molecular flexibility index (Phi) is 4.20. The molecule has 0 atom stereocenters. The summed E-state index contributed by atoms with van der Waals surface area (Å²) in [6.07, 6.45) is 0. The monoisotopic (exact) mass is 328 g/mol. The Morgan fingerprint density at radius 2 is 2.13 bits per heavy atom. The van der Waals surface area contributed by atoms with Crippen molar-refractivity contribution in [3.05, 3.63) is 57.2 Å². The summed E-state index contributed by atoms with van der Waals surface area (Å²) in [5.41, 5.74) is 4.38. The molecule has 0 aliphatic heterocycles. The Bertz CT molecular complexity index is 929. The van der Waals surface area contributed by atoms with Crippen molar-refractivity contribution in [3.8, 4) is 0 Å². The molecule has 3 aromatic rings. The molecule has 0 aliphatic rings. The van der Waals surface area contributed by atoms with Gasteiger partial charge in [0.1, 0.15) is 0 Å². The summed E-state index contributed by atoms with van der Waals surface area (Å²) in [4.78, 5) is 32.2. The molecule has 0 aliphatic carbocycles. The van der Waals surface area contributed by atoms with Gasteiger partial charge in [0.15, 0.2) is 0 Å². The maximum absolute atomic E-state index is 12.2. The van der Waals surface area contributed by atoms with Crippen LogP contribution in [-0.2, 0) is 6.54 Å². The summed E-state index contributed by atoms with van der Waals surface area (Å²) in [6, 6.07) is 7.28. The van der Waals surface area contributed by atoms with E-state index in [0.717, 1.165) is 15.9 Å². The van der Waals surface area contributed by atoms with Crippen LogP contribution in [0.2, 0.25) is 0 Å². The van der Waals surface area contributed by atoms with Crippen molar-refractivity contribution in [3.63, 3.8) is 0 Å². The van der Waals surface area contributed by atoms with Gasteiger partial charge in [-0.1, -0.05) is 0 Å². The number of hydrogen-bond donors (Lipinski definition) is 1. The number of thiazole rings is 1. The number of nitrogens with zero attached hydrogens (tertiary/aromatic N) is 3. The van der Waals surface area contributed by atoms with Crippen LogP contribution < -0.4 is 11.0 Å². The highest BCUT2D eigenvalue weighted by Crippen LogP contribution is 2.18. The van der Waals surface area contributed by atoms with E-state index in [1.165, 1.54) is 11.3 Å². The number of hydrogen-bond acceptors (Lipinski definition) is 5. The molecular formula is C16H16N4O2S. The van der Waals surface area contributed by atoms with Crippen LogP contribution in [0.15, 0.2) is 34.6 Å². The first kappa shape index (κ1) is 15.4. The lowest BCUT2D eigenvalue weighted by atomic mass is 10.2. The fraction of sp³-hybridized carbons (Fsp3) is 0.250. The molecule has 3 rings (SSSR count). The molecule has 23 heavy (non-hydrogen) atoms. The molecule has 0 bridgehead atoms. The Hall–Kier alpha value is -2.54. The minimum atomic E-state index is -0.291. The molecule has 2 heterocycles. The summed E-state index contributed by atoms with van der Waals surface area (Å²) < 4.78 is 2.60. The molecular weight excluding hydrogens is 312 g/mol. The lowest BCUT2D eigenvalue weighted by molar-refractivity contribution is 0.0952. The van der Waals surface area contributed by atoms with Crippen LogP contribution in [0.4, 0.5) is 0 Å². The lowest BCUT2D eigenvalue weighted by Gasteiger charge is -2.10. The van der Waals surface area contributed by atoms with Crippen molar-refractivity contribution in [2.45, 2.75) is 20.4 Å². The van der Waals surface area contributed by atoms with E-state index >= 15 is 0 Å². The molecule has 1 aromatic carbocycles. The van der Waals surface area contributed by atoms with E-state index in [1.54, 1.807) is 29.1 Å². The third-order valence-electron chi connectivity index (χ3n) is 3.56. The maximum atomic E-state index is 12.2. The molecule has 0 fully saturated rings. The summed E-state index contributed by atoms with van der Waals surface area (Å²) in [5.74, 6) is -0.175. The number of aromatic nitrogens is 3. The highest BCUT2D eigenvalue weighted by atomic mass is 32.1. The first-order valence-corrected chi connectivity index (χ1v) is 8.09. The largest absolute Gasteiger partial charge is 0.350 e. The Labute approximate surface area is 136 Å². The van der Waals surface area contributed by atoms with Crippen LogP contribution in [0.5, 0.6) is 0 Å². The van der Waals surface area contributed by atoms with Gasteiger partial charge in [0.25, 0.3) is 5.91 Å². The molecule has 0 radical (unpaired) electrons. The maximum Gasteiger partial charge on any atom is 0.348 e. The van der Waals surface area contributed by atoms with Crippen LogP contribution >= 0.6 is 11.3 Å². The van der Waals surface area contributed by atoms with Gasteiger partial charge in [0.05, 0.1) is 15.7 Å². The number of rotatable bonds is 4. The van der Waals surface area contributed by atoms with Gasteiger partial charge in [-0.05, 0) is 38.1 Å². The number of aryl methyl sites for hydroxylation is 2. The van der Waals surface area contributed by atoms with Crippen molar-refractivity contribution in [2.24, 2.45) is 0 Å². The molecule has 2 aromatic heterocycles. The molecule has 0 saturated heterocycles. The van der Waals surface area contributed by atoms with Crippen LogP contribution in [0.3, 0.4) is 0 Å². The molecule has 0 saturated carbocycles. The zero-order valence-electron chi connectivity index (χ0n) is 12.9. The zero-order valence-corrected chi connectivity index (χ0v) is 13.7. The van der Waals surface area contributed by atoms with Gasteiger partial charge >= 0.3 is 5.69 Å². The van der Waals surface area contributed by atoms with Crippen molar-refractivity contribution < 1.29 is 4.79 Å². The highest BCUT2D eigenvalue weighted by Gasteiger charge is 2.08. The first-order chi connectivity index (χ1) is 11.0. The fourth-order valence-electron chi connectivity index (χ4n) is 2.43. The van der Waals surface area contributed by atoms with E-state index in [1.807, 2.05) is 19.1 Å². The molecule has 7 heteroatoms. The number of amides is 1. The lowest BCUT2D eigenvalue weighted by Crippen LogP contribution is -2.33. The third-order valence-corrected chi connectivity index (χ3v) is 4.37. The average Bonchev–Trinajstić information content (AvgIpc) is 2.97. The predicted molar refractivity (Wildman–Crippen MR) is 89.9 cm³/mol. The normalized spacial score (nSPS) is 10.9. The molecule has 1 N–H and O–H groups in total. The van der Waals surface area contributed by atoms with Crippen LogP contribution in [0.1, 0.15) is 21.7 Å². The summed E-state index contributed by atoms with van der Waals surface area (Å²) in [5, 5.41) is 2.82. The van der Waals surface area contributed by atoms with Crippen molar-refractivity contribution in [2.75, 3.05) is 6.54 Å². The van der Waals surface area contributed by atoms with Crippen molar-refractivity contribution >= 4 is 27.5 Å². The Morgan fingerprint density at radius 3 is 2.91 bits per heavy atom. The topological polar surface area (TPSA) is 76.9 Å². The zero-order chi connectivity index (χ0) is 16.4. The van der Waals surface area contributed by atoms with Crippen LogP contribution in [0.25, 0.3) is 10.2 Å². The van der Waals surface area contributed by atoms with E-state index in [2.05, 4.69) is 15.3 Å². The first-order valence-electron chi connectivity index (χ1n) is 7.21. The Balaban J connectivity index is 1.66. The minimum Gasteiger partial charge on any atom is -0.350 e. The number of carbonyl (C=O) groups excluding carboxylic acids is 1. The van der Waals surface area contributed by atoms with Gasteiger partial charge in [0, 0.05) is 30.0 Å². The SMILES string of the molecule is Cc1cc(C)n(CCNC(=O)c2ccc3scnc3c2)c(=O)n1. The van der Waals surface area contributed by atoms with Gasteiger partial charge in [-0.15, -0.1) is 11.3 Å². The predicted octanol–water partition coefficient (Wildman–Crippen LogP) is 1.90. The van der Waals surface area contributed by atoms with E-state index in [0.29, 0.717) is 24.3 Å². The summed E-state index contributed by atoms with van der Waals surface area (Å²) in [6.45, 7) is 4.39. The second kappa shape index (κ2) is 6.29. The quantitative estimate of drug-likeness (QED) is 0.793. The van der Waals surface area contributed by atoms with Gasteiger partial charge in [0.2, 0.25) is 0 Å². The standard InChI is InChI=1S/C16H16N4O2S/c1-10-7-11(2)20(16(22)19-10)6-5-17-15(21)12-3-4-14-13(8-12)18-9-23-14/h3-4,7-9H,5-6H2,1-2H3,(H,17,21). The van der Waals surface area contributed by atoms with E-state index in [4.69, 9.17) is 0 Å². The van der Waals surface area contributed by atoms with Crippen molar-refractivity contribution in [1.29, 1.82) is 0 Å². The summed E-state index contributed by atoms with van der Waals surface area (Å²) >= 11 is 1.54. The number of benzene rings is 1. The number of nitrogens with one attached hydrogen (secondary N) is 1. The van der Waals surface area contributed by atoms with E-state index in [-0.39, 0.29) is 11.6 Å². The van der Waals surface area contributed by atoms with E-state index in [9.17, 15) is 9.59 Å². The second-order valence-electron chi connectivity index (χ2n) is 5.26. The molecule has 118 valence electrons. The molecule has 1 amide bonds. The third kappa shape index (κ3) is 3.29. The van der Waals surface area contributed by atoms with Gasteiger partial charge in [-0.3, -0.25) is 9.36 Å². The smallest absolute Gasteiger partial charge is 0.348 e. The summed E-state index contributed by atoms with van der Waals surface area (Å²) in [7, 11) is 0. The minimum absolute atomic E-state index is 0.175. The highest BCUT2D eigenvalue weighted by molar-refractivity contribution is 7.16.